The van der Waals surface area contributed by atoms with E-state index in [2.05, 4.69) is 16.0 Å². The Hall–Kier alpha value is -3.17. The van der Waals surface area contributed by atoms with Gasteiger partial charge in [-0.3, -0.25) is 10.1 Å². The lowest BCUT2D eigenvalue weighted by molar-refractivity contribution is -0.115. The molecule has 7 nitrogen and oxygen atoms in total. The molecule has 2 amide bonds. The van der Waals surface area contributed by atoms with Crippen molar-refractivity contribution in [2.45, 2.75) is 19.4 Å². The van der Waals surface area contributed by atoms with Gasteiger partial charge < -0.3 is 21.1 Å². The van der Waals surface area contributed by atoms with Crippen LogP contribution in [0.2, 0.25) is 0 Å². The number of amides is 2. The van der Waals surface area contributed by atoms with Gasteiger partial charge in [-0.25, -0.2) is 13.6 Å². The van der Waals surface area contributed by atoms with E-state index in [-0.39, 0.29) is 30.3 Å². The number of hydrogen-bond donors (Lipinski definition) is 4. The molecule has 3 aromatic rings. The maximum Gasteiger partial charge on any atom is 0.412 e. The standard InChI is InChI=1S/C16H15FN2O2.C8H7FN2O.B15/c17-13-8-12-6-7-18-14(12)9-15(13)19-16(20)21-10-11-4-2-1-3-5-11;9-5-1-4-2-8(12)11-7(4)3-6(5)10;1-9-13(8)15(12(6)7)14(10(2)3)11(4)5/h1-5,8-9,18H,6-7,10H2,(H,19,20);1,3H,2,10H2,(H,11,12);. The summed E-state index contributed by atoms with van der Waals surface area (Å²) in [6.07, 6.45) is -3.40. The Morgan fingerprint density at radius 2 is 1.52 bits per heavy atom. The molecule has 0 atom stereocenters. The van der Waals surface area contributed by atoms with E-state index in [0.717, 1.165) is 29.8 Å². The maximum absolute atomic E-state index is 13.9. The first-order valence-electron chi connectivity index (χ1n) is 15.0. The lowest BCUT2D eigenvalue weighted by atomic mass is 8.46. The number of nitrogens with one attached hydrogen (secondary N) is 3. The van der Waals surface area contributed by atoms with Gasteiger partial charge >= 0.3 is 6.09 Å². The topological polar surface area (TPSA) is 105 Å². The van der Waals surface area contributed by atoms with Gasteiger partial charge in [-0.2, -0.15) is 0 Å². The number of ether oxygens (including phenoxy) is 1. The third kappa shape index (κ3) is 11.2. The van der Waals surface area contributed by atoms with Crippen molar-refractivity contribution in [3.8, 4) is 0 Å². The summed E-state index contributed by atoms with van der Waals surface area (Å²) in [4.78, 5) is 22.6. The Kier molecular flexibility index (Phi) is 15.2. The molecule has 0 saturated heterocycles. The molecule has 0 spiro atoms. The molecule has 0 aliphatic carbocycles. The van der Waals surface area contributed by atoms with Gasteiger partial charge in [0, 0.05) is 125 Å². The first-order chi connectivity index (χ1) is 22.7. The normalized spacial score (nSPS) is 11.8. The van der Waals surface area contributed by atoms with Crippen molar-refractivity contribution in [2.24, 2.45) is 0 Å². The number of fused-ring (bicyclic) bond motifs is 2. The summed E-state index contributed by atoms with van der Waals surface area (Å²) in [5, 5.41) is 8.15. The fraction of sp³-hybridized carbons (Fsp3) is 0.167. The molecule has 17 radical (unpaired) electrons. The predicted molar refractivity (Wildman–Crippen MR) is 208 cm³/mol. The molecular formula is C24H22B15F2N4O3. The van der Waals surface area contributed by atoms with E-state index in [1.165, 1.54) is 25.3 Å². The molecule has 48 heavy (non-hydrogen) atoms. The third-order valence-corrected chi connectivity index (χ3v) is 7.64. The number of carbonyl (C=O) groups excluding carboxylic acids is 2. The van der Waals surface area contributed by atoms with Gasteiger partial charge in [0.25, 0.3) is 0 Å². The van der Waals surface area contributed by atoms with Crippen molar-refractivity contribution in [1.82, 2.24) is 0 Å². The van der Waals surface area contributed by atoms with E-state index in [4.69, 9.17) is 72.4 Å². The lowest BCUT2D eigenvalue weighted by Gasteiger charge is -2.35. The van der Waals surface area contributed by atoms with Crippen LogP contribution in [0, 0.1) is 11.6 Å². The summed E-state index contributed by atoms with van der Waals surface area (Å²) in [6.45, 7) is 0.939. The number of nitrogens with two attached hydrogens (primary N) is 1. The van der Waals surface area contributed by atoms with Gasteiger partial charge in [0.15, 0.2) is 0 Å². The number of rotatable bonds is 9. The Bertz CT molecular complexity index is 1510. The van der Waals surface area contributed by atoms with Crippen molar-refractivity contribution in [1.29, 1.82) is 0 Å². The van der Waals surface area contributed by atoms with Crippen LogP contribution in [0.5, 0.6) is 0 Å². The van der Waals surface area contributed by atoms with Gasteiger partial charge in [0.05, 0.1) is 17.8 Å². The van der Waals surface area contributed by atoms with Gasteiger partial charge in [0.1, 0.15) is 18.2 Å². The van der Waals surface area contributed by atoms with E-state index in [1.54, 1.807) is 6.07 Å². The lowest BCUT2D eigenvalue weighted by Crippen LogP contribution is -2.73. The minimum absolute atomic E-state index is 0.0657. The molecule has 3 aromatic carbocycles. The molecule has 24 heteroatoms. The van der Waals surface area contributed by atoms with Gasteiger partial charge in [-0.15, -0.1) is 0 Å². The molecule has 215 valence electrons. The van der Waals surface area contributed by atoms with Crippen molar-refractivity contribution < 1.29 is 23.1 Å². The average molecular weight is 615 g/mol. The van der Waals surface area contributed by atoms with E-state index in [1.807, 2.05) is 30.3 Å². The van der Waals surface area contributed by atoms with Crippen LogP contribution >= 0.6 is 0 Å². The van der Waals surface area contributed by atoms with E-state index < -0.39 is 56.0 Å². The van der Waals surface area contributed by atoms with Crippen molar-refractivity contribution in [3.63, 3.8) is 0 Å². The van der Waals surface area contributed by atoms with Gasteiger partial charge in [0.2, 0.25) is 5.91 Å². The molecule has 0 unspecified atom stereocenters. The zero-order chi connectivity index (χ0) is 35.5. The summed E-state index contributed by atoms with van der Waals surface area (Å²) < 4.78 is 31.8. The minimum Gasteiger partial charge on any atom is -0.444 e. The Labute approximate surface area is 294 Å². The summed E-state index contributed by atoms with van der Waals surface area (Å²) in [7, 11) is 45.8. The van der Waals surface area contributed by atoms with Crippen molar-refractivity contribution in [2.75, 3.05) is 28.2 Å². The highest BCUT2D eigenvalue weighted by molar-refractivity contribution is 8.12. The van der Waals surface area contributed by atoms with Gasteiger partial charge in [-0.05, 0) is 47.4 Å². The fourth-order valence-electron chi connectivity index (χ4n) is 5.21. The van der Waals surface area contributed by atoms with Crippen LogP contribution in [0.3, 0.4) is 0 Å². The monoisotopic (exact) mass is 617 g/mol. The number of benzene rings is 3. The van der Waals surface area contributed by atoms with E-state index in [9.17, 15) is 18.4 Å². The second-order valence-electron chi connectivity index (χ2n) is 11.3. The molecule has 0 fully saturated rings. The Morgan fingerprint density at radius 1 is 0.896 bits per heavy atom. The second-order valence-corrected chi connectivity index (χ2v) is 11.3. The molecule has 2 aliphatic heterocycles. The first-order valence-corrected chi connectivity index (χ1v) is 15.0. The van der Waals surface area contributed by atoms with Crippen LogP contribution in [0.15, 0.2) is 54.6 Å². The average Bonchev–Trinajstić information content (AvgIpc) is 3.63. The van der Waals surface area contributed by atoms with Crippen LogP contribution in [-0.4, -0.2) is 126 Å². The van der Waals surface area contributed by atoms with Crippen molar-refractivity contribution in [3.05, 3.63) is 82.9 Å². The molecule has 0 aromatic heterocycles. The van der Waals surface area contributed by atoms with Crippen LogP contribution in [-0.2, 0) is 29.0 Å². The zero-order valence-electron chi connectivity index (χ0n) is 26.2. The molecule has 0 bridgehead atoms. The summed E-state index contributed by atoms with van der Waals surface area (Å²) in [5.41, 5.74) is 9.46. The highest BCUT2D eigenvalue weighted by Gasteiger charge is 2.36. The molecule has 5 N–H and O–H groups in total. The Balaban J connectivity index is 0.000000205. The number of nitrogen functional groups attached to an aromatic ring is 1. The van der Waals surface area contributed by atoms with E-state index in [0.29, 0.717) is 11.3 Å². The van der Waals surface area contributed by atoms with Crippen molar-refractivity contribution >= 4 is 142 Å². The summed E-state index contributed by atoms with van der Waals surface area (Å²) in [5.74, 6) is -1.03. The molecule has 5 rings (SSSR count). The second kappa shape index (κ2) is 18.6. The molecule has 0 saturated carbocycles. The maximum atomic E-state index is 13.9. The number of halogens is 2. The smallest absolute Gasteiger partial charge is 0.412 e. The summed E-state index contributed by atoms with van der Waals surface area (Å²) in [6, 6.07) is 15.1. The summed E-state index contributed by atoms with van der Waals surface area (Å²) >= 11 is 0. The molecule has 2 aliphatic rings. The zero-order valence-corrected chi connectivity index (χ0v) is 26.2. The SMILES string of the molecule is Nc1cc2c(cc1F)CC(=O)N2.O=C(Nc1cc2c(cc1F)CCN2)OCc1ccccc1.[B][B]B([B])B(B([B])[B])B(B([B])[B])B([B])[B]. The van der Waals surface area contributed by atoms with Crippen LogP contribution in [0.25, 0.3) is 0 Å². The van der Waals surface area contributed by atoms with E-state index >= 15 is 0 Å². The number of hydrogen-bond acceptors (Lipinski definition) is 5. The van der Waals surface area contributed by atoms with Crippen LogP contribution in [0.1, 0.15) is 16.7 Å². The highest BCUT2D eigenvalue weighted by atomic mass is 19.1. The number of anilines is 4. The first kappa shape index (κ1) is 39.3. The largest absolute Gasteiger partial charge is 0.444 e. The third-order valence-electron chi connectivity index (χ3n) is 7.64. The van der Waals surface area contributed by atoms with Crippen LogP contribution < -0.4 is 21.7 Å². The molecular weight excluding hydrogens is 592 g/mol. The van der Waals surface area contributed by atoms with Crippen LogP contribution in [0.4, 0.5) is 36.3 Å². The quantitative estimate of drug-likeness (QED) is 0.178. The highest BCUT2D eigenvalue weighted by Crippen LogP contribution is 2.29. The minimum atomic E-state index is -0.754. The Morgan fingerprint density at radius 3 is 2.12 bits per heavy atom. The fourth-order valence-corrected chi connectivity index (χ4v) is 5.21. The van der Waals surface area contributed by atoms with Gasteiger partial charge in [-0.1, -0.05) is 30.3 Å². The molecule has 2 heterocycles. The number of carbonyl (C=O) groups is 2. The predicted octanol–water partition coefficient (Wildman–Crippen LogP) is -1.27.